The molecule has 0 atom stereocenters. The van der Waals surface area contributed by atoms with E-state index in [-0.39, 0.29) is 11.7 Å². The standard InChI is InChI=1S/C24H33NO2.C13H17NO3.C2H6.CH4O/c1-3-22-10-6-8-20(2)24(22)27-19-18-26-23-13-11-21(12-14-23)9-7-17-25-15-4-5-16-25;1-17-11-8-6-10(7-9-11)12(15)4-2-3-5-13(14)16;2*1-2/h6,8,10-14H,3-5,7,9,15-19H2,1-2H3;6-9H,2-5H2,1H3,(H2,14,16);1-2H3;2H,1H3. The van der Waals surface area contributed by atoms with Gasteiger partial charge in [0.15, 0.2) is 5.78 Å². The van der Waals surface area contributed by atoms with Crippen LogP contribution in [0.2, 0.25) is 0 Å². The van der Waals surface area contributed by atoms with Crippen molar-refractivity contribution in [1.82, 2.24) is 4.90 Å². The monoisotopic (exact) mass is 664 g/mol. The summed E-state index contributed by atoms with van der Waals surface area (Å²) in [5.74, 6) is 2.42. The van der Waals surface area contributed by atoms with Gasteiger partial charge < -0.3 is 30.0 Å². The highest BCUT2D eigenvalue weighted by molar-refractivity contribution is 5.96. The van der Waals surface area contributed by atoms with E-state index in [0.717, 1.165) is 37.2 Å². The summed E-state index contributed by atoms with van der Waals surface area (Å²) in [6.07, 6.45) is 8.26. The first-order chi connectivity index (χ1) is 23.4. The van der Waals surface area contributed by atoms with Crippen LogP contribution in [-0.4, -0.2) is 68.8 Å². The van der Waals surface area contributed by atoms with Crippen LogP contribution in [0.1, 0.15) is 92.8 Å². The van der Waals surface area contributed by atoms with E-state index in [4.69, 9.17) is 25.1 Å². The number of ketones is 1. The topological polar surface area (TPSA) is 111 Å². The van der Waals surface area contributed by atoms with Crippen molar-refractivity contribution < 1.29 is 28.9 Å². The number of aliphatic hydroxyl groups is 1. The van der Waals surface area contributed by atoms with E-state index in [1.165, 1.54) is 55.6 Å². The van der Waals surface area contributed by atoms with Crippen molar-refractivity contribution in [3.8, 4) is 17.2 Å². The van der Waals surface area contributed by atoms with Crippen molar-refractivity contribution >= 4 is 11.7 Å². The predicted molar refractivity (Wildman–Crippen MR) is 196 cm³/mol. The zero-order valence-electron chi connectivity index (χ0n) is 30.3. The Morgan fingerprint density at radius 2 is 1.42 bits per heavy atom. The van der Waals surface area contributed by atoms with E-state index in [2.05, 4.69) is 61.2 Å². The second-order valence-corrected chi connectivity index (χ2v) is 11.2. The first kappa shape index (κ1) is 42.1. The molecule has 3 N–H and O–H groups in total. The van der Waals surface area contributed by atoms with Crippen molar-refractivity contribution in [2.24, 2.45) is 5.73 Å². The summed E-state index contributed by atoms with van der Waals surface area (Å²) >= 11 is 0. The molecule has 8 heteroatoms. The summed E-state index contributed by atoms with van der Waals surface area (Å²) in [4.78, 5) is 24.8. The number of benzene rings is 3. The average molecular weight is 665 g/mol. The number of unbranched alkanes of at least 4 members (excludes halogenated alkanes) is 1. The first-order valence-corrected chi connectivity index (χ1v) is 17.4. The largest absolute Gasteiger partial charge is 0.497 e. The molecule has 0 unspecified atom stereocenters. The molecular weight excluding hydrogens is 604 g/mol. The van der Waals surface area contributed by atoms with Gasteiger partial charge in [-0.3, -0.25) is 9.59 Å². The van der Waals surface area contributed by atoms with Crippen molar-refractivity contribution in [1.29, 1.82) is 0 Å². The van der Waals surface area contributed by atoms with Crippen molar-refractivity contribution in [2.45, 2.75) is 85.5 Å². The number of Topliss-reactive ketones (excluding diaryl/α,β-unsaturated/α-hetero) is 1. The number of carbonyl (C=O) groups is 2. The van der Waals surface area contributed by atoms with Crippen LogP contribution >= 0.6 is 0 Å². The Labute approximate surface area is 289 Å². The first-order valence-electron chi connectivity index (χ1n) is 17.4. The number of carbonyl (C=O) groups excluding carboxylic acids is 2. The minimum atomic E-state index is -0.318. The van der Waals surface area contributed by atoms with Gasteiger partial charge in [-0.1, -0.05) is 51.1 Å². The highest BCUT2D eigenvalue weighted by Gasteiger charge is 2.10. The summed E-state index contributed by atoms with van der Waals surface area (Å²) in [5, 5.41) is 7.00. The lowest BCUT2D eigenvalue weighted by atomic mass is 10.0. The Morgan fingerprint density at radius 1 is 0.812 bits per heavy atom. The summed E-state index contributed by atoms with van der Waals surface area (Å²) in [7, 11) is 2.58. The second kappa shape index (κ2) is 26.1. The Balaban J connectivity index is 0.000000473. The smallest absolute Gasteiger partial charge is 0.217 e. The lowest BCUT2D eigenvalue weighted by Gasteiger charge is -2.14. The number of ether oxygens (including phenoxy) is 3. The van der Waals surface area contributed by atoms with Gasteiger partial charge in [-0.25, -0.2) is 0 Å². The van der Waals surface area contributed by atoms with Crippen molar-refractivity contribution in [2.75, 3.05) is 47.1 Å². The van der Waals surface area contributed by atoms with Crippen LogP contribution < -0.4 is 19.9 Å². The van der Waals surface area contributed by atoms with Gasteiger partial charge in [-0.2, -0.15) is 0 Å². The van der Waals surface area contributed by atoms with Crippen LogP contribution in [0, 0.1) is 6.92 Å². The molecule has 4 rings (SSSR count). The third kappa shape index (κ3) is 16.8. The fraction of sp³-hybridized carbons (Fsp3) is 0.500. The molecule has 0 radical (unpaired) electrons. The molecule has 1 fully saturated rings. The van der Waals surface area contributed by atoms with E-state index in [0.29, 0.717) is 44.5 Å². The fourth-order valence-electron chi connectivity index (χ4n) is 5.27. The minimum absolute atomic E-state index is 0.0807. The number of aliphatic hydroxyl groups excluding tert-OH is 1. The summed E-state index contributed by atoms with van der Waals surface area (Å²) in [6.45, 7) is 13.2. The van der Waals surface area contributed by atoms with Gasteiger partial charge in [-0.05, 0) is 125 Å². The molecule has 3 aromatic rings. The number of hydrogen-bond donors (Lipinski definition) is 2. The summed E-state index contributed by atoms with van der Waals surface area (Å²) in [5.41, 5.74) is 9.52. The van der Waals surface area contributed by atoms with Crippen LogP contribution in [0.3, 0.4) is 0 Å². The maximum atomic E-state index is 11.7. The molecule has 0 aliphatic carbocycles. The van der Waals surface area contributed by atoms with Crippen molar-refractivity contribution in [3.63, 3.8) is 0 Å². The van der Waals surface area contributed by atoms with Gasteiger partial charge in [0, 0.05) is 25.5 Å². The number of aryl methyl sites for hydroxylation is 3. The highest BCUT2D eigenvalue weighted by Crippen LogP contribution is 2.24. The molecule has 0 bridgehead atoms. The van der Waals surface area contributed by atoms with Crippen LogP contribution in [-0.2, 0) is 17.6 Å². The maximum Gasteiger partial charge on any atom is 0.217 e. The Kier molecular flexibility index (Phi) is 22.9. The fourth-order valence-corrected chi connectivity index (χ4v) is 5.27. The quantitative estimate of drug-likeness (QED) is 0.113. The van der Waals surface area contributed by atoms with Gasteiger partial charge in [-0.15, -0.1) is 0 Å². The number of para-hydroxylation sites is 1. The lowest BCUT2D eigenvalue weighted by molar-refractivity contribution is -0.118. The van der Waals surface area contributed by atoms with Gasteiger partial charge in [0.2, 0.25) is 5.91 Å². The van der Waals surface area contributed by atoms with Crippen LogP contribution in [0.15, 0.2) is 66.7 Å². The zero-order chi connectivity index (χ0) is 35.6. The molecule has 1 aliphatic heterocycles. The number of nitrogens with two attached hydrogens (primary N) is 1. The molecule has 0 spiro atoms. The van der Waals surface area contributed by atoms with Crippen LogP contribution in [0.4, 0.5) is 0 Å². The average Bonchev–Trinajstić information content (AvgIpc) is 3.65. The molecule has 266 valence electrons. The molecule has 1 heterocycles. The van der Waals surface area contributed by atoms with E-state index >= 15 is 0 Å². The minimum Gasteiger partial charge on any atom is -0.497 e. The number of hydrogen-bond acceptors (Lipinski definition) is 7. The number of methoxy groups -OCH3 is 1. The molecule has 1 saturated heterocycles. The molecule has 8 nitrogen and oxygen atoms in total. The van der Waals surface area contributed by atoms with Gasteiger partial charge >= 0.3 is 0 Å². The number of rotatable bonds is 17. The molecule has 0 saturated carbocycles. The van der Waals surface area contributed by atoms with Gasteiger partial charge in [0.1, 0.15) is 30.5 Å². The maximum absolute atomic E-state index is 11.7. The second-order valence-electron chi connectivity index (χ2n) is 11.2. The van der Waals surface area contributed by atoms with Crippen LogP contribution in [0.5, 0.6) is 17.2 Å². The Bertz CT molecular complexity index is 1270. The third-order valence-corrected chi connectivity index (χ3v) is 7.82. The van der Waals surface area contributed by atoms with Crippen molar-refractivity contribution in [3.05, 3.63) is 89.0 Å². The Hall–Kier alpha value is -3.88. The number of primary amides is 1. The number of amides is 1. The van der Waals surface area contributed by atoms with E-state index in [1.54, 1.807) is 31.4 Å². The predicted octanol–water partition coefficient (Wildman–Crippen LogP) is 7.60. The molecule has 3 aromatic carbocycles. The molecule has 0 aromatic heterocycles. The number of likely N-dealkylation sites (tertiary alicyclic amines) is 1. The van der Waals surface area contributed by atoms with E-state index in [9.17, 15) is 9.59 Å². The molecule has 48 heavy (non-hydrogen) atoms. The third-order valence-electron chi connectivity index (χ3n) is 7.82. The Morgan fingerprint density at radius 3 is 2.02 bits per heavy atom. The SMILES string of the molecule is CC.CCc1cccc(C)c1OCCOc1ccc(CCCN2CCCC2)cc1.CO.COc1ccc(C(=O)CCCCC(N)=O)cc1. The lowest BCUT2D eigenvalue weighted by Crippen LogP contribution is -2.20. The van der Waals surface area contributed by atoms with E-state index < -0.39 is 0 Å². The molecule has 1 amide bonds. The van der Waals surface area contributed by atoms with E-state index in [1.807, 2.05) is 13.8 Å². The van der Waals surface area contributed by atoms with Gasteiger partial charge in [0.25, 0.3) is 0 Å². The molecular formula is C40H60N2O6. The highest BCUT2D eigenvalue weighted by atomic mass is 16.5. The molecule has 1 aliphatic rings. The summed E-state index contributed by atoms with van der Waals surface area (Å²) in [6, 6.07) is 21.9. The normalized spacial score (nSPS) is 11.9. The van der Waals surface area contributed by atoms with Crippen LogP contribution in [0.25, 0.3) is 0 Å². The zero-order valence-corrected chi connectivity index (χ0v) is 30.3. The number of nitrogens with zero attached hydrogens (tertiary/aromatic N) is 1. The summed E-state index contributed by atoms with van der Waals surface area (Å²) < 4.78 is 16.8. The van der Waals surface area contributed by atoms with Gasteiger partial charge in [0.05, 0.1) is 7.11 Å².